The molecule has 0 radical (unpaired) electrons. The Labute approximate surface area is 156 Å². The lowest BCUT2D eigenvalue weighted by atomic mass is 10.1. The Hall–Kier alpha value is -1.19. The molecule has 1 aliphatic rings. The van der Waals surface area contributed by atoms with E-state index in [1.54, 1.807) is 0 Å². The number of aliphatic hydroxyl groups excluding tert-OH is 1. The molecule has 1 saturated heterocycles. The van der Waals surface area contributed by atoms with Crippen LogP contribution in [0.3, 0.4) is 0 Å². The SMILES string of the molecule is CC(C)n1c(N2CCCC(O)C2)nc2c([N+](=O)[O-])c(Br)c(Br)cc21. The normalized spacial score (nSPS) is 18.6. The molecule has 1 unspecified atom stereocenters. The van der Waals surface area contributed by atoms with Crippen molar-refractivity contribution in [2.75, 3.05) is 18.0 Å². The summed E-state index contributed by atoms with van der Waals surface area (Å²) in [4.78, 5) is 17.8. The van der Waals surface area contributed by atoms with Crippen LogP contribution in [0.15, 0.2) is 15.0 Å². The van der Waals surface area contributed by atoms with E-state index in [1.807, 2.05) is 29.4 Å². The van der Waals surface area contributed by atoms with E-state index in [0.717, 1.165) is 19.4 Å². The van der Waals surface area contributed by atoms with Crippen molar-refractivity contribution >= 4 is 54.5 Å². The lowest BCUT2D eigenvalue weighted by molar-refractivity contribution is -0.384. The quantitative estimate of drug-likeness (QED) is 0.551. The van der Waals surface area contributed by atoms with E-state index in [9.17, 15) is 15.2 Å². The van der Waals surface area contributed by atoms with Gasteiger partial charge in [-0.2, -0.15) is 0 Å². The Morgan fingerprint density at radius 2 is 2.17 bits per heavy atom. The minimum Gasteiger partial charge on any atom is -0.391 e. The zero-order valence-electron chi connectivity index (χ0n) is 13.4. The van der Waals surface area contributed by atoms with E-state index in [4.69, 9.17) is 0 Å². The topological polar surface area (TPSA) is 84.4 Å². The molecule has 1 aromatic heterocycles. The first kappa shape index (κ1) is 17.6. The van der Waals surface area contributed by atoms with Gasteiger partial charge in [-0.15, -0.1) is 0 Å². The molecule has 0 saturated carbocycles. The molecule has 9 heteroatoms. The first-order valence-corrected chi connectivity index (χ1v) is 9.37. The van der Waals surface area contributed by atoms with Gasteiger partial charge in [0.2, 0.25) is 5.95 Å². The molecule has 0 bridgehead atoms. The van der Waals surface area contributed by atoms with Crippen molar-refractivity contribution in [2.45, 2.75) is 38.8 Å². The van der Waals surface area contributed by atoms with Crippen LogP contribution in [0.1, 0.15) is 32.7 Å². The number of hydrogen-bond acceptors (Lipinski definition) is 5. The van der Waals surface area contributed by atoms with E-state index >= 15 is 0 Å². The van der Waals surface area contributed by atoms with Crippen LogP contribution in [-0.2, 0) is 0 Å². The number of piperidine rings is 1. The van der Waals surface area contributed by atoms with Gasteiger partial charge in [-0.3, -0.25) is 10.1 Å². The number of β-amino-alcohol motifs (C(OH)–C–C–N with tert-alkyl or cyclic N) is 1. The average molecular weight is 462 g/mol. The van der Waals surface area contributed by atoms with Crippen LogP contribution < -0.4 is 4.90 Å². The van der Waals surface area contributed by atoms with Crippen molar-refractivity contribution in [1.82, 2.24) is 9.55 Å². The number of rotatable bonds is 3. The van der Waals surface area contributed by atoms with E-state index in [1.165, 1.54) is 0 Å². The lowest BCUT2D eigenvalue weighted by Gasteiger charge is -2.32. The number of aromatic nitrogens is 2. The van der Waals surface area contributed by atoms with Gasteiger partial charge in [0, 0.05) is 23.6 Å². The summed E-state index contributed by atoms with van der Waals surface area (Å²) < 4.78 is 3.00. The van der Waals surface area contributed by atoms with Crippen molar-refractivity contribution < 1.29 is 10.0 Å². The molecule has 7 nitrogen and oxygen atoms in total. The maximum atomic E-state index is 11.6. The number of imidazole rings is 1. The zero-order valence-corrected chi connectivity index (χ0v) is 16.5. The number of nitro benzene ring substituents is 1. The number of benzene rings is 1. The number of halogens is 2. The summed E-state index contributed by atoms with van der Waals surface area (Å²) in [5.41, 5.74) is 1.03. The Bertz CT molecular complexity index is 806. The molecule has 1 atom stereocenters. The number of fused-ring (bicyclic) bond motifs is 1. The fourth-order valence-electron chi connectivity index (χ4n) is 3.18. The minimum atomic E-state index is -0.413. The van der Waals surface area contributed by atoms with Crippen molar-refractivity contribution in [3.8, 4) is 0 Å². The van der Waals surface area contributed by atoms with E-state index < -0.39 is 11.0 Å². The van der Waals surface area contributed by atoms with Crippen molar-refractivity contribution in [3.05, 3.63) is 25.1 Å². The highest BCUT2D eigenvalue weighted by Crippen LogP contribution is 2.41. The van der Waals surface area contributed by atoms with E-state index in [2.05, 4.69) is 36.8 Å². The van der Waals surface area contributed by atoms with Gasteiger partial charge >= 0.3 is 5.69 Å². The predicted molar refractivity (Wildman–Crippen MR) is 99.6 cm³/mol. The van der Waals surface area contributed by atoms with Gasteiger partial charge in [-0.05, 0) is 64.6 Å². The Balaban J connectivity index is 2.28. The molecule has 1 aliphatic heterocycles. The van der Waals surface area contributed by atoms with Crippen LogP contribution in [0, 0.1) is 10.1 Å². The number of anilines is 1. The highest BCUT2D eigenvalue weighted by Gasteiger charge is 2.29. The number of nitrogens with zero attached hydrogens (tertiary/aromatic N) is 4. The highest BCUT2D eigenvalue weighted by atomic mass is 79.9. The fraction of sp³-hybridized carbons (Fsp3) is 0.533. The summed E-state index contributed by atoms with van der Waals surface area (Å²) in [7, 11) is 0. The maximum absolute atomic E-state index is 11.6. The molecular weight excluding hydrogens is 444 g/mol. The summed E-state index contributed by atoms with van der Waals surface area (Å²) in [6.45, 7) is 5.31. The average Bonchev–Trinajstić information content (AvgIpc) is 2.86. The molecule has 1 N–H and O–H groups in total. The molecule has 0 aliphatic carbocycles. The third-order valence-electron chi connectivity index (χ3n) is 4.21. The van der Waals surface area contributed by atoms with Crippen LogP contribution in [-0.4, -0.2) is 38.8 Å². The van der Waals surface area contributed by atoms with Crippen LogP contribution in [0.2, 0.25) is 0 Å². The van der Waals surface area contributed by atoms with Gasteiger partial charge in [0.05, 0.1) is 16.5 Å². The molecule has 1 fully saturated rings. The second-order valence-electron chi connectivity index (χ2n) is 6.26. The van der Waals surface area contributed by atoms with Crippen LogP contribution in [0.4, 0.5) is 11.6 Å². The molecule has 0 spiro atoms. The third kappa shape index (κ3) is 2.93. The Morgan fingerprint density at radius 1 is 1.46 bits per heavy atom. The van der Waals surface area contributed by atoms with E-state index in [0.29, 0.717) is 32.5 Å². The molecule has 2 heterocycles. The molecular formula is C15H18Br2N4O3. The Morgan fingerprint density at radius 3 is 2.75 bits per heavy atom. The van der Waals surface area contributed by atoms with Gasteiger partial charge in [0.1, 0.15) is 4.47 Å². The molecule has 3 rings (SSSR count). The molecule has 1 aromatic carbocycles. The molecule has 0 amide bonds. The lowest BCUT2D eigenvalue weighted by Crippen LogP contribution is -2.39. The van der Waals surface area contributed by atoms with E-state index in [-0.39, 0.29) is 11.7 Å². The van der Waals surface area contributed by atoms with Crippen molar-refractivity contribution in [3.63, 3.8) is 0 Å². The molecule has 130 valence electrons. The monoisotopic (exact) mass is 460 g/mol. The highest BCUT2D eigenvalue weighted by molar-refractivity contribution is 9.13. The molecule has 24 heavy (non-hydrogen) atoms. The standard InChI is InChI=1S/C15H18Br2N4O3/c1-8(2)20-11-6-10(16)12(17)14(21(23)24)13(11)18-15(20)19-5-3-4-9(22)7-19/h6,8-9,22H,3-5,7H2,1-2H3. The summed E-state index contributed by atoms with van der Waals surface area (Å²) in [6.07, 6.45) is 1.25. The number of aliphatic hydroxyl groups is 1. The first-order chi connectivity index (χ1) is 11.3. The summed E-state index contributed by atoms with van der Waals surface area (Å²) >= 11 is 6.67. The van der Waals surface area contributed by atoms with Crippen LogP contribution >= 0.6 is 31.9 Å². The summed E-state index contributed by atoms with van der Waals surface area (Å²) in [5.74, 6) is 0.673. The van der Waals surface area contributed by atoms with Gasteiger partial charge in [0.25, 0.3) is 0 Å². The van der Waals surface area contributed by atoms with Gasteiger partial charge in [0.15, 0.2) is 5.52 Å². The van der Waals surface area contributed by atoms with Gasteiger partial charge in [-0.25, -0.2) is 4.98 Å². The van der Waals surface area contributed by atoms with Crippen LogP contribution in [0.25, 0.3) is 11.0 Å². The van der Waals surface area contributed by atoms with Crippen molar-refractivity contribution in [2.24, 2.45) is 0 Å². The summed E-state index contributed by atoms with van der Waals surface area (Å²) in [5, 5.41) is 21.5. The largest absolute Gasteiger partial charge is 0.391 e. The summed E-state index contributed by atoms with van der Waals surface area (Å²) in [6, 6.07) is 1.93. The van der Waals surface area contributed by atoms with Gasteiger partial charge < -0.3 is 14.6 Å². The smallest absolute Gasteiger partial charge is 0.312 e. The third-order valence-corrected chi connectivity index (χ3v) is 6.17. The van der Waals surface area contributed by atoms with Crippen LogP contribution in [0.5, 0.6) is 0 Å². The maximum Gasteiger partial charge on any atom is 0.312 e. The Kier molecular flexibility index (Phi) is 4.85. The molecule has 2 aromatic rings. The first-order valence-electron chi connectivity index (χ1n) is 7.78. The minimum absolute atomic E-state index is 0.0439. The zero-order chi connectivity index (χ0) is 17.6. The fourth-order valence-corrected chi connectivity index (χ4v) is 4.03. The second kappa shape index (κ2) is 6.61. The van der Waals surface area contributed by atoms with Crippen molar-refractivity contribution in [1.29, 1.82) is 0 Å². The number of hydrogen-bond donors (Lipinski definition) is 1. The predicted octanol–water partition coefficient (Wildman–Crippen LogP) is 4.01. The van der Waals surface area contributed by atoms with Gasteiger partial charge in [-0.1, -0.05) is 0 Å². The number of nitro groups is 1. The second-order valence-corrected chi connectivity index (χ2v) is 7.91.